The second kappa shape index (κ2) is 6.96. The summed E-state index contributed by atoms with van der Waals surface area (Å²) < 4.78 is 0. The zero-order chi connectivity index (χ0) is 15.0. The molecule has 22 heavy (non-hydrogen) atoms. The van der Waals surface area contributed by atoms with Crippen LogP contribution in [0.15, 0.2) is 12.1 Å². The molecule has 3 rings (SSSR count). The van der Waals surface area contributed by atoms with Gasteiger partial charge in [0.25, 0.3) is 0 Å². The molecule has 3 nitrogen and oxygen atoms in total. The molecule has 0 atom stereocenters. The maximum atomic E-state index is 12.8. The van der Waals surface area contributed by atoms with E-state index in [0.29, 0.717) is 23.1 Å². The number of amides is 1. The van der Waals surface area contributed by atoms with Crippen molar-refractivity contribution in [3.8, 4) is 0 Å². The molecule has 1 aliphatic heterocycles. The topological polar surface area (TPSA) is 46.3 Å². The Morgan fingerprint density at radius 1 is 1.18 bits per heavy atom. The third-order valence-corrected chi connectivity index (χ3v) is 5.27. The smallest absolute Gasteiger partial charge is 0.242 e. The first kappa shape index (κ1) is 17.9. The Labute approximate surface area is 147 Å². The third kappa shape index (κ3) is 3.38. The molecular weight excluding hydrogens is 343 g/mol. The van der Waals surface area contributed by atoms with Crippen LogP contribution in [0.2, 0.25) is 10.0 Å². The van der Waals surface area contributed by atoms with Crippen LogP contribution in [0.5, 0.6) is 0 Å². The molecular formula is C16H21Cl3N2O. The van der Waals surface area contributed by atoms with E-state index in [4.69, 9.17) is 28.9 Å². The summed E-state index contributed by atoms with van der Waals surface area (Å²) in [5.41, 5.74) is 7.86. The van der Waals surface area contributed by atoms with Crippen molar-refractivity contribution in [2.75, 3.05) is 6.54 Å². The van der Waals surface area contributed by atoms with E-state index < -0.39 is 5.54 Å². The summed E-state index contributed by atoms with van der Waals surface area (Å²) >= 11 is 12.3. The molecule has 0 unspecified atom stereocenters. The number of nitrogens with two attached hydrogens (primary N) is 1. The van der Waals surface area contributed by atoms with Crippen molar-refractivity contribution in [1.82, 2.24) is 4.90 Å². The monoisotopic (exact) mass is 362 g/mol. The van der Waals surface area contributed by atoms with Crippen LogP contribution in [0, 0.1) is 0 Å². The molecule has 1 aromatic rings. The highest BCUT2D eigenvalue weighted by atomic mass is 35.5. The summed E-state index contributed by atoms with van der Waals surface area (Å²) in [7, 11) is 0. The fraction of sp³-hybridized carbons (Fsp3) is 0.562. The second-order valence-corrected chi connectivity index (χ2v) is 7.06. The average molecular weight is 364 g/mol. The predicted molar refractivity (Wildman–Crippen MR) is 92.8 cm³/mol. The normalized spacial score (nSPS) is 20.0. The average Bonchev–Trinajstić information content (AvgIpc) is 2.47. The highest BCUT2D eigenvalue weighted by Gasteiger charge is 2.39. The Morgan fingerprint density at radius 3 is 2.55 bits per heavy atom. The van der Waals surface area contributed by atoms with E-state index in [1.807, 2.05) is 11.0 Å². The lowest BCUT2D eigenvalue weighted by Crippen LogP contribution is -2.57. The summed E-state index contributed by atoms with van der Waals surface area (Å²) in [6.07, 6.45) is 5.65. The van der Waals surface area contributed by atoms with Crippen LogP contribution < -0.4 is 5.73 Å². The van der Waals surface area contributed by atoms with Gasteiger partial charge in [-0.15, -0.1) is 12.4 Å². The fourth-order valence-corrected chi connectivity index (χ4v) is 4.06. The van der Waals surface area contributed by atoms with E-state index in [1.54, 1.807) is 6.07 Å². The van der Waals surface area contributed by atoms with Crippen LogP contribution in [0.3, 0.4) is 0 Å². The first-order valence-electron chi connectivity index (χ1n) is 7.55. The molecule has 1 amide bonds. The minimum Gasteiger partial charge on any atom is -0.336 e. The van der Waals surface area contributed by atoms with E-state index in [-0.39, 0.29) is 18.3 Å². The van der Waals surface area contributed by atoms with Crippen LogP contribution in [0.4, 0.5) is 0 Å². The van der Waals surface area contributed by atoms with Gasteiger partial charge in [0.2, 0.25) is 5.91 Å². The van der Waals surface area contributed by atoms with Crippen molar-refractivity contribution in [2.24, 2.45) is 5.73 Å². The van der Waals surface area contributed by atoms with Gasteiger partial charge in [-0.05, 0) is 42.5 Å². The SMILES string of the molecule is Cl.NC1(C(=O)N2CCc3cc(Cl)cc(Cl)c3C2)CCCCC1. The molecule has 2 aliphatic rings. The van der Waals surface area contributed by atoms with Crippen molar-refractivity contribution < 1.29 is 4.79 Å². The number of halogens is 3. The summed E-state index contributed by atoms with van der Waals surface area (Å²) in [6.45, 7) is 1.24. The van der Waals surface area contributed by atoms with Crippen LogP contribution in [-0.2, 0) is 17.8 Å². The largest absolute Gasteiger partial charge is 0.336 e. The summed E-state index contributed by atoms with van der Waals surface area (Å²) in [5, 5.41) is 1.30. The minimum atomic E-state index is -0.672. The highest BCUT2D eigenvalue weighted by Crippen LogP contribution is 2.33. The molecule has 1 aliphatic carbocycles. The van der Waals surface area contributed by atoms with Gasteiger partial charge in [0.1, 0.15) is 0 Å². The van der Waals surface area contributed by atoms with E-state index >= 15 is 0 Å². The molecule has 1 fully saturated rings. The third-order valence-electron chi connectivity index (χ3n) is 4.71. The Hall–Kier alpha value is -0.480. The van der Waals surface area contributed by atoms with Gasteiger partial charge in [-0.25, -0.2) is 0 Å². The first-order valence-corrected chi connectivity index (χ1v) is 8.30. The van der Waals surface area contributed by atoms with Crippen molar-refractivity contribution in [1.29, 1.82) is 0 Å². The number of hydrogen-bond donors (Lipinski definition) is 1. The number of hydrogen-bond acceptors (Lipinski definition) is 2. The molecule has 6 heteroatoms. The van der Waals surface area contributed by atoms with Crippen molar-refractivity contribution in [2.45, 2.75) is 50.6 Å². The quantitative estimate of drug-likeness (QED) is 0.821. The van der Waals surface area contributed by atoms with E-state index in [9.17, 15) is 4.79 Å². The van der Waals surface area contributed by atoms with Crippen LogP contribution in [0.25, 0.3) is 0 Å². The minimum absolute atomic E-state index is 0. The molecule has 0 radical (unpaired) electrons. The summed E-state index contributed by atoms with van der Waals surface area (Å²) in [4.78, 5) is 14.7. The second-order valence-electron chi connectivity index (χ2n) is 6.22. The molecule has 1 saturated carbocycles. The summed E-state index contributed by atoms with van der Waals surface area (Å²) in [6, 6.07) is 3.69. The zero-order valence-corrected chi connectivity index (χ0v) is 14.7. The molecule has 1 aromatic carbocycles. The maximum absolute atomic E-state index is 12.8. The van der Waals surface area contributed by atoms with Crippen molar-refractivity contribution >= 4 is 41.5 Å². The van der Waals surface area contributed by atoms with Gasteiger partial charge < -0.3 is 10.6 Å². The first-order chi connectivity index (χ1) is 9.99. The molecule has 0 aromatic heterocycles. The van der Waals surface area contributed by atoms with E-state index in [2.05, 4.69) is 0 Å². The fourth-order valence-electron chi connectivity index (χ4n) is 3.47. The van der Waals surface area contributed by atoms with Gasteiger partial charge in [-0.3, -0.25) is 4.79 Å². The molecule has 2 N–H and O–H groups in total. The molecule has 1 heterocycles. The standard InChI is InChI=1S/C16H20Cl2N2O.ClH/c17-12-8-11-4-7-20(10-13(11)14(18)9-12)15(21)16(19)5-2-1-3-6-16;/h8-9H,1-7,10,19H2;1H. The lowest BCUT2D eigenvalue weighted by atomic mass is 9.81. The molecule has 0 bridgehead atoms. The number of benzene rings is 1. The molecule has 0 spiro atoms. The number of carbonyl (C=O) groups excluding carboxylic acids is 1. The van der Waals surface area contributed by atoms with Gasteiger partial charge in [-0.2, -0.15) is 0 Å². The lowest BCUT2D eigenvalue weighted by molar-refractivity contribution is -0.139. The number of rotatable bonds is 1. The maximum Gasteiger partial charge on any atom is 0.242 e. The van der Waals surface area contributed by atoms with E-state index in [1.165, 1.54) is 6.42 Å². The van der Waals surface area contributed by atoms with Gasteiger partial charge in [0.15, 0.2) is 0 Å². The van der Waals surface area contributed by atoms with Crippen LogP contribution in [-0.4, -0.2) is 22.9 Å². The van der Waals surface area contributed by atoms with Crippen LogP contribution in [0.1, 0.15) is 43.2 Å². The van der Waals surface area contributed by atoms with Gasteiger partial charge >= 0.3 is 0 Å². The predicted octanol–water partition coefficient (Wildman–Crippen LogP) is 3.96. The highest BCUT2D eigenvalue weighted by molar-refractivity contribution is 6.35. The molecule has 0 saturated heterocycles. The van der Waals surface area contributed by atoms with Crippen LogP contribution >= 0.6 is 35.6 Å². The molecule has 122 valence electrons. The Kier molecular flexibility index (Phi) is 5.65. The number of fused-ring (bicyclic) bond motifs is 1. The summed E-state index contributed by atoms with van der Waals surface area (Å²) in [5.74, 6) is 0.0823. The van der Waals surface area contributed by atoms with Crippen molar-refractivity contribution in [3.63, 3.8) is 0 Å². The zero-order valence-electron chi connectivity index (χ0n) is 12.4. The lowest BCUT2D eigenvalue weighted by Gasteiger charge is -2.39. The van der Waals surface area contributed by atoms with Crippen molar-refractivity contribution in [3.05, 3.63) is 33.3 Å². The number of nitrogens with zero attached hydrogens (tertiary/aromatic N) is 1. The van der Waals surface area contributed by atoms with Gasteiger partial charge in [0, 0.05) is 23.1 Å². The Morgan fingerprint density at radius 2 is 1.86 bits per heavy atom. The Bertz CT molecular complexity index is 571. The Balaban J connectivity index is 0.00000176. The number of carbonyl (C=O) groups is 1. The van der Waals surface area contributed by atoms with Gasteiger partial charge in [-0.1, -0.05) is 42.5 Å². The van der Waals surface area contributed by atoms with E-state index in [0.717, 1.165) is 43.2 Å². The van der Waals surface area contributed by atoms with Gasteiger partial charge in [0.05, 0.1) is 5.54 Å².